The van der Waals surface area contributed by atoms with Gasteiger partial charge in [0.2, 0.25) is 0 Å². The van der Waals surface area contributed by atoms with Crippen LogP contribution in [0.5, 0.6) is 0 Å². The van der Waals surface area contributed by atoms with E-state index in [-0.39, 0.29) is 6.61 Å². The number of likely N-dealkylation sites (tertiary alicyclic amines) is 1. The van der Waals surface area contributed by atoms with Gasteiger partial charge in [-0.25, -0.2) is 0 Å². The highest BCUT2D eigenvalue weighted by molar-refractivity contribution is 5.09. The lowest BCUT2D eigenvalue weighted by Crippen LogP contribution is -2.38. The number of aliphatic hydroxyl groups is 1. The summed E-state index contributed by atoms with van der Waals surface area (Å²) in [5.74, 6) is 5.84. The van der Waals surface area contributed by atoms with Crippen LogP contribution in [-0.4, -0.2) is 35.7 Å². The minimum absolute atomic E-state index is 0.00590. The molecular weight excluding hydrogens is 150 g/mol. The number of piperidine rings is 1. The van der Waals surface area contributed by atoms with Gasteiger partial charge in [0.15, 0.2) is 0 Å². The monoisotopic (exact) mass is 167 g/mol. The first-order valence-electron chi connectivity index (χ1n) is 4.71. The maximum absolute atomic E-state index is 8.56. The predicted molar refractivity (Wildman–Crippen MR) is 49.7 cm³/mol. The Labute approximate surface area is 74.6 Å². The van der Waals surface area contributed by atoms with Gasteiger partial charge in [0, 0.05) is 0 Å². The topological polar surface area (TPSA) is 23.5 Å². The Morgan fingerprint density at radius 3 is 3.00 bits per heavy atom. The molecule has 1 N–H and O–H groups in total. The first-order valence-corrected chi connectivity index (χ1v) is 4.71. The van der Waals surface area contributed by atoms with Crippen LogP contribution in [-0.2, 0) is 0 Å². The first kappa shape index (κ1) is 9.57. The Balaban J connectivity index is 2.46. The van der Waals surface area contributed by atoms with E-state index in [9.17, 15) is 0 Å². The van der Waals surface area contributed by atoms with Gasteiger partial charge in [0.1, 0.15) is 6.61 Å². The largest absolute Gasteiger partial charge is 0.384 e. The third kappa shape index (κ3) is 2.51. The second-order valence-electron chi connectivity index (χ2n) is 3.12. The summed E-state index contributed by atoms with van der Waals surface area (Å²) in [5, 5.41) is 8.56. The molecule has 1 aliphatic rings. The van der Waals surface area contributed by atoms with Gasteiger partial charge >= 0.3 is 0 Å². The molecule has 2 nitrogen and oxygen atoms in total. The number of nitrogens with zero attached hydrogens (tertiary/aromatic N) is 1. The summed E-state index contributed by atoms with van der Waals surface area (Å²) >= 11 is 0. The second-order valence-corrected chi connectivity index (χ2v) is 3.12. The Bertz CT molecular complexity index is 180. The Hall–Kier alpha value is -0.520. The predicted octanol–water partition coefficient (Wildman–Crippen LogP) is 0.856. The van der Waals surface area contributed by atoms with Crippen molar-refractivity contribution in [2.45, 2.75) is 32.2 Å². The van der Waals surface area contributed by atoms with E-state index in [0.717, 1.165) is 6.54 Å². The van der Waals surface area contributed by atoms with Crippen LogP contribution in [0.1, 0.15) is 26.2 Å². The fraction of sp³-hybridized carbons (Fsp3) is 0.800. The summed E-state index contributed by atoms with van der Waals surface area (Å²) in [7, 11) is 0. The Kier molecular flexibility index (Phi) is 4.13. The van der Waals surface area contributed by atoms with Crippen molar-refractivity contribution in [2.24, 2.45) is 0 Å². The Morgan fingerprint density at radius 1 is 1.50 bits per heavy atom. The number of hydrogen-bond donors (Lipinski definition) is 1. The highest BCUT2D eigenvalue weighted by Gasteiger charge is 2.17. The molecule has 0 aromatic carbocycles. The molecule has 1 atom stereocenters. The number of hydrogen-bond acceptors (Lipinski definition) is 2. The van der Waals surface area contributed by atoms with Gasteiger partial charge in [-0.2, -0.15) is 0 Å². The van der Waals surface area contributed by atoms with Crippen molar-refractivity contribution in [3.05, 3.63) is 0 Å². The SMILES string of the molecule is CCN1CCCCC1C#CCO. The van der Waals surface area contributed by atoms with Gasteiger partial charge < -0.3 is 5.11 Å². The third-order valence-electron chi connectivity index (χ3n) is 2.37. The van der Waals surface area contributed by atoms with Crippen molar-refractivity contribution in [3.63, 3.8) is 0 Å². The zero-order chi connectivity index (χ0) is 8.81. The van der Waals surface area contributed by atoms with Crippen LogP contribution in [0.2, 0.25) is 0 Å². The molecule has 1 unspecified atom stereocenters. The summed E-state index contributed by atoms with van der Waals surface area (Å²) in [6.07, 6.45) is 3.74. The molecule has 68 valence electrons. The van der Waals surface area contributed by atoms with E-state index >= 15 is 0 Å². The van der Waals surface area contributed by atoms with Gasteiger partial charge in [-0.3, -0.25) is 4.90 Å². The van der Waals surface area contributed by atoms with Gasteiger partial charge in [0.05, 0.1) is 6.04 Å². The fourth-order valence-electron chi connectivity index (χ4n) is 1.70. The maximum atomic E-state index is 8.56. The molecular formula is C10H17NO. The summed E-state index contributed by atoms with van der Waals surface area (Å²) in [6, 6.07) is 0.399. The van der Waals surface area contributed by atoms with Gasteiger partial charge in [0.25, 0.3) is 0 Å². The molecule has 12 heavy (non-hydrogen) atoms. The second kappa shape index (κ2) is 5.18. The minimum atomic E-state index is -0.00590. The zero-order valence-corrected chi connectivity index (χ0v) is 7.71. The van der Waals surface area contributed by atoms with Gasteiger partial charge in [-0.05, 0) is 32.4 Å². The zero-order valence-electron chi connectivity index (χ0n) is 7.71. The Morgan fingerprint density at radius 2 is 2.33 bits per heavy atom. The molecule has 1 rings (SSSR count). The third-order valence-corrected chi connectivity index (χ3v) is 2.37. The highest BCUT2D eigenvalue weighted by Crippen LogP contribution is 2.15. The van der Waals surface area contributed by atoms with Crippen molar-refractivity contribution in [1.29, 1.82) is 0 Å². The lowest BCUT2D eigenvalue weighted by atomic mass is 10.0. The van der Waals surface area contributed by atoms with Crippen LogP contribution in [0.25, 0.3) is 0 Å². The standard InChI is InChI=1S/C10H17NO/c1-2-11-8-4-3-6-10(11)7-5-9-12/h10,12H,2-4,6,8-9H2,1H3. The average Bonchev–Trinajstić information content (AvgIpc) is 2.15. The maximum Gasteiger partial charge on any atom is 0.104 e. The van der Waals surface area contributed by atoms with Crippen LogP contribution >= 0.6 is 0 Å². The van der Waals surface area contributed by atoms with Gasteiger partial charge in [-0.1, -0.05) is 18.8 Å². The molecule has 1 aliphatic heterocycles. The molecule has 1 heterocycles. The summed E-state index contributed by atoms with van der Waals surface area (Å²) < 4.78 is 0. The van der Waals surface area contributed by atoms with Crippen molar-refractivity contribution < 1.29 is 5.11 Å². The summed E-state index contributed by atoms with van der Waals surface area (Å²) in [5.41, 5.74) is 0. The van der Waals surface area contributed by atoms with Crippen molar-refractivity contribution in [3.8, 4) is 11.8 Å². The van der Waals surface area contributed by atoms with Crippen LogP contribution < -0.4 is 0 Å². The molecule has 0 aliphatic carbocycles. The summed E-state index contributed by atoms with van der Waals surface area (Å²) in [4.78, 5) is 2.38. The first-order chi connectivity index (χ1) is 5.88. The number of aliphatic hydroxyl groups excluding tert-OH is 1. The molecule has 0 spiro atoms. The van der Waals surface area contributed by atoms with E-state index in [4.69, 9.17) is 5.11 Å². The normalized spacial score (nSPS) is 24.7. The van der Waals surface area contributed by atoms with Crippen LogP contribution in [0.3, 0.4) is 0 Å². The van der Waals surface area contributed by atoms with E-state index in [0.29, 0.717) is 6.04 Å². The molecule has 0 aromatic rings. The molecule has 0 aromatic heterocycles. The van der Waals surface area contributed by atoms with E-state index < -0.39 is 0 Å². The molecule has 1 saturated heterocycles. The van der Waals surface area contributed by atoms with E-state index in [1.54, 1.807) is 0 Å². The molecule has 0 saturated carbocycles. The number of rotatable bonds is 1. The molecule has 2 heteroatoms. The van der Waals surface area contributed by atoms with E-state index in [2.05, 4.69) is 23.7 Å². The highest BCUT2D eigenvalue weighted by atomic mass is 16.2. The summed E-state index contributed by atoms with van der Waals surface area (Å²) in [6.45, 7) is 4.40. The smallest absolute Gasteiger partial charge is 0.104 e. The average molecular weight is 167 g/mol. The molecule has 0 bridgehead atoms. The van der Waals surface area contributed by atoms with Crippen molar-refractivity contribution in [1.82, 2.24) is 4.90 Å². The van der Waals surface area contributed by atoms with E-state index in [1.165, 1.54) is 25.8 Å². The van der Waals surface area contributed by atoms with Crippen molar-refractivity contribution in [2.75, 3.05) is 19.7 Å². The van der Waals surface area contributed by atoms with Crippen LogP contribution in [0, 0.1) is 11.8 Å². The fourth-order valence-corrected chi connectivity index (χ4v) is 1.70. The van der Waals surface area contributed by atoms with Crippen molar-refractivity contribution >= 4 is 0 Å². The molecule has 0 radical (unpaired) electrons. The van der Waals surface area contributed by atoms with Crippen LogP contribution in [0.4, 0.5) is 0 Å². The van der Waals surface area contributed by atoms with E-state index in [1.807, 2.05) is 0 Å². The molecule has 0 amide bonds. The lowest BCUT2D eigenvalue weighted by molar-refractivity contribution is 0.195. The molecule has 1 fully saturated rings. The minimum Gasteiger partial charge on any atom is -0.384 e. The quantitative estimate of drug-likeness (QED) is 0.585. The van der Waals surface area contributed by atoms with Crippen LogP contribution in [0.15, 0.2) is 0 Å². The lowest BCUT2D eigenvalue weighted by Gasteiger charge is -2.31. The van der Waals surface area contributed by atoms with Gasteiger partial charge in [-0.15, -0.1) is 0 Å².